The molecule has 1 aliphatic rings. The van der Waals surface area contributed by atoms with E-state index in [-0.39, 0.29) is 0 Å². The normalized spacial score (nSPS) is 37.2. The van der Waals surface area contributed by atoms with Gasteiger partial charge in [-0.25, -0.2) is 17.9 Å². The first-order valence-electron chi connectivity index (χ1n) is 4.81. The minimum absolute atomic E-state index is 0.919. The number of hydrogen-bond acceptors (Lipinski definition) is 8. The molecule has 106 valence electrons. The lowest BCUT2D eigenvalue weighted by atomic mass is 10.0. The predicted octanol–water partition coefficient (Wildman–Crippen LogP) is -4.22. The van der Waals surface area contributed by atoms with Crippen molar-refractivity contribution in [3.8, 4) is 0 Å². The third-order valence-corrected chi connectivity index (χ3v) is 3.61. The molecule has 0 saturated carbocycles. The maximum absolute atomic E-state index is 11.3. The van der Waals surface area contributed by atoms with E-state index in [0.717, 1.165) is 0 Å². The van der Waals surface area contributed by atoms with E-state index in [1.54, 1.807) is 0 Å². The zero-order chi connectivity index (χ0) is 14.1. The summed E-state index contributed by atoms with van der Waals surface area (Å²) < 4.78 is 28.7. The number of sulfonamides is 1. The van der Waals surface area contributed by atoms with E-state index in [1.807, 2.05) is 0 Å². The Morgan fingerprint density at radius 1 is 1.17 bits per heavy atom. The summed E-state index contributed by atoms with van der Waals surface area (Å²) >= 11 is 0. The lowest BCUT2D eigenvalue weighted by Gasteiger charge is -2.37. The van der Waals surface area contributed by atoms with Gasteiger partial charge in [0.05, 0.1) is 5.75 Å². The molecule has 5 atom stereocenters. The zero-order valence-electron chi connectivity index (χ0n) is 9.00. The van der Waals surface area contributed by atoms with Crippen molar-refractivity contribution < 1.29 is 38.4 Å². The molecule has 0 radical (unpaired) electrons. The second-order valence-electron chi connectivity index (χ2n) is 3.78. The van der Waals surface area contributed by atoms with Crippen LogP contribution in [-0.4, -0.2) is 71.3 Å². The molecule has 0 aromatic carbocycles. The van der Waals surface area contributed by atoms with Gasteiger partial charge in [0.15, 0.2) is 6.29 Å². The number of amides is 2. The van der Waals surface area contributed by atoms with Crippen LogP contribution >= 0.6 is 0 Å². The van der Waals surface area contributed by atoms with Crippen LogP contribution in [0.5, 0.6) is 0 Å². The Morgan fingerprint density at radius 2 is 1.72 bits per heavy atom. The zero-order valence-corrected chi connectivity index (χ0v) is 9.82. The first-order chi connectivity index (χ1) is 8.14. The summed E-state index contributed by atoms with van der Waals surface area (Å²) in [6.45, 7) is 0. The minimum Gasteiger partial charge on any atom is -0.388 e. The fourth-order valence-electron chi connectivity index (χ4n) is 1.48. The Balaban J connectivity index is 2.75. The highest BCUT2D eigenvalue weighted by Crippen LogP contribution is 2.20. The molecule has 1 unspecified atom stereocenters. The minimum atomic E-state index is -4.19. The number of carbonyl (C=O) groups excluding carboxylic acids is 1. The van der Waals surface area contributed by atoms with E-state index >= 15 is 0 Å². The molecular weight excluding hydrogens is 272 g/mol. The Hall–Kier alpha value is -0.980. The average Bonchev–Trinajstić information content (AvgIpc) is 2.20. The largest absolute Gasteiger partial charge is 0.388 e. The van der Waals surface area contributed by atoms with Crippen molar-refractivity contribution >= 4 is 16.1 Å². The van der Waals surface area contributed by atoms with E-state index in [2.05, 4.69) is 10.5 Å². The summed E-state index contributed by atoms with van der Waals surface area (Å²) in [4.78, 5) is 10.4. The van der Waals surface area contributed by atoms with Gasteiger partial charge < -0.3 is 30.9 Å². The molecule has 1 heterocycles. The van der Waals surface area contributed by atoms with Crippen molar-refractivity contribution in [3.05, 3.63) is 0 Å². The van der Waals surface area contributed by atoms with Crippen molar-refractivity contribution in [1.29, 1.82) is 0 Å². The van der Waals surface area contributed by atoms with E-state index < -0.39 is 52.5 Å². The standard InChI is InChI=1S/C7H14N2O8S/c8-7(14)9-18(15,16)1-2-3(10)4(11)5(12)6(13)17-2/h2-6,10-13H,1H2,(H3,8,9,14)/t2-,3-,4+,5+,6?/m1/s1. The van der Waals surface area contributed by atoms with Gasteiger partial charge >= 0.3 is 6.03 Å². The number of aliphatic hydroxyl groups excluding tert-OH is 4. The highest BCUT2D eigenvalue weighted by atomic mass is 32.2. The number of carbonyl (C=O) groups is 1. The summed E-state index contributed by atoms with van der Waals surface area (Å²) in [7, 11) is -4.19. The van der Waals surface area contributed by atoms with Crippen LogP contribution in [0.3, 0.4) is 0 Å². The van der Waals surface area contributed by atoms with Gasteiger partial charge in [0.25, 0.3) is 0 Å². The summed E-state index contributed by atoms with van der Waals surface area (Å²) in [6.07, 6.45) is -8.65. The average molecular weight is 286 g/mol. The predicted molar refractivity (Wildman–Crippen MR) is 55.4 cm³/mol. The second kappa shape index (κ2) is 5.34. The maximum Gasteiger partial charge on any atom is 0.325 e. The molecular formula is C7H14N2O8S. The van der Waals surface area contributed by atoms with Gasteiger partial charge in [0.2, 0.25) is 10.0 Å². The Morgan fingerprint density at radius 3 is 2.22 bits per heavy atom. The fraction of sp³-hybridized carbons (Fsp3) is 0.857. The first kappa shape index (κ1) is 15.1. The second-order valence-corrected chi connectivity index (χ2v) is 5.55. The summed E-state index contributed by atoms with van der Waals surface area (Å²) in [5, 5.41) is 37.1. The van der Waals surface area contributed by atoms with Crippen LogP contribution in [0, 0.1) is 0 Å². The van der Waals surface area contributed by atoms with Crippen LogP contribution in [0.15, 0.2) is 0 Å². The number of rotatable bonds is 3. The van der Waals surface area contributed by atoms with Crippen molar-refractivity contribution in [2.24, 2.45) is 5.73 Å². The molecule has 0 bridgehead atoms. The summed E-state index contributed by atoms with van der Waals surface area (Å²) in [5.41, 5.74) is 4.62. The Kier molecular flexibility index (Phi) is 4.47. The van der Waals surface area contributed by atoms with Crippen molar-refractivity contribution in [2.75, 3.05) is 5.75 Å². The molecule has 0 aromatic heterocycles. The number of hydrogen-bond donors (Lipinski definition) is 6. The molecule has 0 aromatic rings. The highest BCUT2D eigenvalue weighted by molar-refractivity contribution is 7.90. The van der Waals surface area contributed by atoms with Gasteiger partial charge in [-0.05, 0) is 0 Å². The van der Waals surface area contributed by atoms with Crippen LogP contribution in [0.2, 0.25) is 0 Å². The molecule has 10 nitrogen and oxygen atoms in total. The van der Waals surface area contributed by atoms with Crippen LogP contribution in [-0.2, 0) is 14.8 Å². The number of ether oxygens (including phenoxy) is 1. The smallest absolute Gasteiger partial charge is 0.325 e. The molecule has 1 fully saturated rings. The molecule has 18 heavy (non-hydrogen) atoms. The Labute approximate surface area is 102 Å². The van der Waals surface area contributed by atoms with E-state index in [0.29, 0.717) is 0 Å². The van der Waals surface area contributed by atoms with Gasteiger partial charge in [-0.3, -0.25) is 0 Å². The number of urea groups is 1. The van der Waals surface area contributed by atoms with Gasteiger partial charge in [-0.15, -0.1) is 0 Å². The molecule has 1 aliphatic heterocycles. The molecule has 11 heteroatoms. The van der Waals surface area contributed by atoms with Crippen molar-refractivity contribution in [3.63, 3.8) is 0 Å². The quantitative estimate of drug-likeness (QED) is 0.302. The summed E-state index contributed by atoms with van der Waals surface area (Å²) in [6, 6.07) is -1.32. The first-order valence-corrected chi connectivity index (χ1v) is 6.47. The molecule has 2 amide bonds. The lowest BCUT2D eigenvalue weighted by Crippen LogP contribution is -2.59. The van der Waals surface area contributed by atoms with Gasteiger partial charge in [0, 0.05) is 0 Å². The van der Waals surface area contributed by atoms with Gasteiger partial charge in [0.1, 0.15) is 24.4 Å². The Bertz CT molecular complexity index is 412. The maximum atomic E-state index is 11.3. The monoisotopic (exact) mass is 286 g/mol. The van der Waals surface area contributed by atoms with Crippen molar-refractivity contribution in [1.82, 2.24) is 4.72 Å². The molecule has 7 N–H and O–H groups in total. The van der Waals surface area contributed by atoms with Crippen LogP contribution in [0.25, 0.3) is 0 Å². The van der Waals surface area contributed by atoms with Crippen LogP contribution in [0.1, 0.15) is 0 Å². The SMILES string of the molecule is NC(=O)NS(=O)(=O)C[C@H]1OC(O)[C@@H](O)[C@@H](O)[C@@H]1O. The van der Waals surface area contributed by atoms with Crippen LogP contribution in [0.4, 0.5) is 4.79 Å². The number of primary amides is 1. The third kappa shape index (κ3) is 3.51. The van der Waals surface area contributed by atoms with Gasteiger partial charge in [-0.2, -0.15) is 0 Å². The molecule has 1 rings (SSSR count). The van der Waals surface area contributed by atoms with E-state index in [9.17, 15) is 23.4 Å². The number of nitrogens with two attached hydrogens (primary N) is 1. The highest BCUT2D eigenvalue weighted by Gasteiger charge is 2.44. The topological polar surface area (TPSA) is 179 Å². The van der Waals surface area contributed by atoms with Crippen LogP contribution < -0.4 is 10.5 Å². The van der Waals surface area contributed by atoms with E-state index in [4.69, 9.17) is 10.2 Å². The molecule has 0 spiro atoms. The molecule has 1 saturated heterocycles. The fourth-order valence-corrected chi connectivity index (χ4v) is 2.58. The summed E-state index contributed by atoms with van der Waals surface area (Å²) in [5.74, 6) is -0.919. The lowest BCUT2D eigenvalue weighted by molar-refractivity contribution is -0.276. The van der Waals surface area contributed by atoms with Gasteiger partial charge in [-0.1, -0.05) is 0 Å². The molecule has 0 aliphatic carbocycles. The van der Waals surface area contributed by atoms with Crippen molar-refractivity contribution in [2.45, 2.75) is 30.7 Å². The number of aliphatic hydroxyl groups is 4. The number of nitrogens with one attached hydrogen (secondary N) is 1. The third-order valence-electron chi connectivity index (χ3n) is 2.33. The van der Waals surface area contributed by atoms with E-state index in [1.165, 1.54) is 4.72 Å².